The Morgan fingerprint density at radius 2 is 1.90 bits per heavy atom. The van der Waals surface area contributed by atoms with Gasteiger partial charge in [-0.2, -0.15) is 0 Å². The molecule has 21 heavy (non-hydrogen) atoms. The SMILES string of the molecule is Cc1ccc(OCC(=O)c2ccc([N+](=O)[O-])cc2)cc1F. The van der Waals surface area contributed by atoms with E-state index < -0.39 is 10.7 Å². The van der Waals surface area contributed by atoms with Gasteiger partial charge in [0.1, 0.15) is 11.6 Å². The Morgan fingerprint density at radius 1 is 1.24 bits per heavy atom. The standard InChI is InChI=1S/C15H12FNO4/c1-10-2-7-13(8-14(10)16)21-9-15(18)11-3-5-12(6-4-11)17(19)20/h2-8H,9H2,1H3. The first-order chi connectivity index (χ1) is 9.97. The van der Waals surface area contributed by atoms with Crippen molar-refractivity contribution in [1.29, 1.82) is 0 Å². The molecule has 2 aromatic carbocycles. The fourth-order valence-electron chi connectivity index (χ4n) is 1.66. The summed E-state index contributed by atoms with van der Waals surface area (Å²) in [5.41, 5.74) is 0.699. The number of non-ortho nitro benzene ring substituents is 1. The normalized spacial score (nSPS) is 10.2. The van der Waals surface area contributed by atoms with Crippen molar-refractivity contribution >= 4 is 11.5 Å². The number of Topliss-reactive ketones (excluding diaryl/α,β-unsaturated/α-hetero) is 1. The summed E-state index contributed by atoms with van der Waals surface area (Å²) in [7, 11) is 0. The van der Waals surface area contributed by atoms with Crippen molar-refractivity contribution in [2.45, 2.75) is 6.92 Å². The maximum atomic E-state index is 13.3. The van der Waals surface area contributed by atoms with Crippen LogP contribution in [0.25, 0.3) is 0 Å². The van der Waals surface area contributed by atoms with Gasteiger partial charge in [-0.05, 0) is 30.7 Å². The molecule has 0 bridgehead atoms. The van der Waals surface area contributed by atoms with Gasteiger partial charge in [-0.25, -0.2) is 4.39 Å². The minimum absolute atomic E-state index is 0.0897. The summed E-state index contributed by atoms with van der Waals surface area (Å²) in [4.78, 5) is 21.8. The topological polar surface area (TPSA) is 69.4 Å². The predicted octanol–water partition coefficient (Wildman–Crippen LogP) is 3.30. The zero-order valence-electron chi connectivity index (χ0n) is 11.2. The van der Waals surface area contributed by atoms with Gasteiger partial charge in [0.15, 0.2) is 12.4 Å². The Bertz CT molecular complexity index is 683. The zero-order chi connectivity index (χ0) is 15.4. The molecule has 0 aliphatic rings. The summed E-state index contributed by atoms with van der Waals surface area (Å²) in [6, 6.07) is 9.55. The lowest BCUT2D eigenvalue weighted by molar-refractivity contribution is -0.384. The van der Waals surface area contributed by atoms with E-state index in [1.807, 2.05) is 0 Å². The second-order valence-electron chi connectivity index (χ2n) is 4.43. The van der Waals surface area contributed by atoms with Crippen molar-refractivity contribution in [2.24, 2.45) is 0 Å². The number of aryl methyl sites for hydroxylation is 1. The lowest BCUT2D eigenvalue weighted by Gasteiger charge is -2.06. The molecule has 0 aromatic heterocycles. The van der Waals surface area contributed by atoms with Crippen LogP contribution in [0.5, 0.6) is 5.75 Å². The molecule has 108 valence electrons. The number of ether oxygens (including phenoxy) is 1. The van der Waals surface area contributed by atoms with Crippen LogP contribution in [0, 0.1) is 22.9 Å². The minimum atomic E-state index is -0.542. The van der Waals surface area contributed by atoms with Crippen LogP contribution in [0.1, 0.15) is 15.9 Å². The smallest absolute Gasteiger partial charge is 0.269 e. The molecule has 0 saturated heterocycles. The van der Waals surface area contributed by atoms with Gasteiger partial charge < -0.3 is 4.74 Å². The summed E-state index contributed by atoms with van der Waals surface area (Å²) in [6.07, 6.45) is 0. The van der Waals surface area contributed by atoms with Crippen LogP contribution in [0.3, 0.4) is 0 Å². The maximum absolute atomic E-state index is 13.3. The number of carbonyl (C=O) groups is 1. The van der Waals surface area contributed by atoms with E-state index in [0.717, 1.165) is 0 Å². The highest BCUT2D eigenvalue weighted by Crippen LogP contribution is 2.17. The van der Waals surface area contributed by atoms with E-state index in [1.165, 1.54) is 30.3 Å². The monoisotopic (exact) mass is 289 g/mol. The number of nitro groups is 1. The van der Waals surface area contributed by atoms with E-state index in [9.17, 15) is 19.3 Å². The Balaban J connectivity index is 2.01. The highest BCUT2D eigenvalue weighted by atomic mass is 19.1. The molecule has 0 unspecified atom stereocenters. The highest BCUT2D eigenvalue weighted by Gasteiger charge is 2.10. The molecule has 0 amide bonds. The third-order valence-corrected chi connectivity index (χ3v) is 2.91. The molecule has 2 aromatic rings. The van der Waals surface area contributed by atoms with Crippen LogP contribution in [-0.4, -0.2) is 17.3 Å². The van der Waals surface area contributed by atoms with Crippen molar-refractivity contribution in [1.82, 2.24) is 0 Å². The number of hydrogen-bond acceptors (Lipinski definition) is 4. The molecule has 5 nitrogen and oxygen atoms in total. The molecule has 2 rings (SSSR count). The van der Waals surface area contributed by atoms with Gasteiger partial charge in [0.05, 0.1) is 4.92 Å². The average molecular weight is 289 g/mol. The number of carbonyl (C=O) groups excluding carboxylic acids is 1. The molecule has 0 fully saturated rings. The molecule has 0 aliphatic carbocycles. The largest absolute Gasteiger partial charge is 0.485 e. The van der Waals surface area contributed by atoms with E-state index in [2.05, 4.69) is 0 Å². The van der Waals surface area contributed by atoms with Crippen LogP contribution >= 0.6 is 0 Å². The molecule has 0 aliphatic heterocycles. The second-order valence-corrected chi connectivity index (χ2v) is 4.43. The summed E-state index contributed by atoms with van der Waals surface area (Å²) >= 11 is 0. The average Bonchev–Trinajstić information content (AvgIpc) is 2.48. The number of benzene rings is 2. The minimum Gasteiger partial charge on any atom is -0.485 e. The molecule has 0 N–H and O–H groups in total. The van der Waals surface area contributed by atoms with Gasteiger partial charge in [-0.15, -0.1) is 0 Å². The molecule has 0 saturated carbocycles. The van der Waals surface area contributed by atoms with Gasteiger partial charge >= 0.3 is 0 Å². The van der Waals surface area contributed by atoms with Crippen LogP contribution in [0.2, 0.25) is 0 Å². The molecule has 0 radical (unpaired) electrons. The van der Waals surface area contributed by atoms with Gasteiger partial charge in [0.25, 0.3) is 5.69 Å². The lowest BCUT2D eigenvalue weighted by Crippen LogP contribution is -2.11. The molecule has 6 heteroatoms. The van der Waals surface area contributed by atoms with Crippen LogP contribution in [0.4, 0.5) is 10.1 Å². The summed E-state index contributed by atoms with van der Waals surface area (Å²) in [5, 5.41) is 10.5. The fraction of sp³-hybridized carbons (Fsp3) is 0.133. The maximum Gasteiger partial charge on any atom is 0.269 e. The number of ketones is 1. The number of halogens is 1. The summed E-state index contributed by atoms with van der Waals surface area (Å²) in [5.74, 6) is -0.491. The van der Waals surface area contributed by atoms with E-state index in [-0.39, 0.29) is 23.8 Å². The van der Waals surface area contributed by atoms with Gasteiger partial charge in [0, 0.05) is 23.8 Å². The number of rotatable bonds is 5. The zero-order valence-corrected chi connectivity index (χ0v) is 11.2. The van der Waals surface area contributed by atoms with Crippen molar-refractivity contribution in [3.8, 4) is 5.75 Å². The Kier molecular flexibility index (Phi) is 4.27. The van der Waals surface area contributed by atoms with Crippen molar-refractivity contribution in [2.75, 3.05) is 6.61 Å². The van der Waals surface area contributed by atoms with Crippen LogP contribution in [0.15, 0.2) is 42.5 Å². The van der Waals surface area contributed by atoms with E-state index in [0.29, 0.717) is 11.1 Å². The van der Waals surface area contributed by atoms with Gasteiger partial charge in [-0.3, -0.25) is 14.9 Å². The Morgan fingerprint density at radius 3 is 2.48 bits per heavy atom. The van der Waals surface area contributed by atoms with Crippen molar-refractivity contribution in [3.05, 3.63) is 69.5 Å². The first-order valence-electron chi connectivity index (χ1n) is 6.14. The fourth-order valence-corrected chi connectivity index (χ4v) is 1.66. The lowest BCUT2D eigenvalue weighted by atomic mass is 10.1. The first-order valence-corrected chi connectivity index (χ1v) is 6.14. The third kappa shape index (κ3) is 3.62. The van der Waals surface area contributed by atoms with E-state index in [4.69, 9.17) is 4.74 Å². The van der Waals surface area contributed by atoms with Crippen LogP contribution in [-0.2, 0) is 0 Å². The Labute approximate surface area is 120 Å². The summed E-state index contributed by atoms with van der Waals surface area (Å²) < 4.78 is 18.5. The quantitative estimate of drug-likeness (QED) is 0.481. The molecule has 0 spiro atoms. The molecule has 0 atom stereocenters. The third-order valence-electron chi connectivity index (χ3n) is 2.91. The van der Waals surface area contributed by atoms with E-state index >= 15 is 0 Å². The number of hydrogen-bond donors (Lipinski definition) is 0. The molecular formula is C15H12FNO4. The van der Waals surface area contributed by atoms with Crippen molar-refractivity contribution in [3.63, 3.8) is 0 Å². The summed E-state index contributed by atoms with van der Waals surface area (Å²) in [6.45, 7) is 1.36. The van der Waals surface area contributed by atoms with Crippen LogP contribution < -0.4 is 4.74 Å². The molecule has 0 heterocycles. The van der Waals surface area contributed by atoms with Crippen molar-refractivity contribution < 1.29 is 18.8 Å². The second kappa shape index (κ2) is 6.13. The first kappa shape index (κ1) is 14.6. The van der Waals surface area contributed by atoms with Gasteiger partial charge in [0.2, 0.25) is 0 Å². The molecular weight excluding hydrogens is 277 g/mol. The van der Waals surface area contributed by atoms with E-state index in [1.54, 1.807) is 19.1 Å². The Hall–Kier alpha value is -2.76. The van der Waals surface area contributed by atoms with Gasteiger partial charge in [-0.1, -0.05) is 6.07 Å². The predicted molar refractivity (Wildman–Crippen MR) is 74.1 cm³/mol. The number of nitro benzene ring substituents is 1. The highest BCUT2D eigenvalue weighted by molar-refractivity contribution is 5.97. The number of nitrogens with zero attached hydrogens (tertiary/aromatic N) is 1.